The van der Waals surface area contributed by atoms with Crippen molar-refractivity contribution in [3.63, 3.8) is 0 Å². The molecule has 0 bridgehead atoms. The lowest BCUT2D eigenvalue weighted by atomic mass is 10.0. The highest BCUT2D eigenvalue weighted by Crippen LogP contribution is 2.33. The van der Waals surface area contributed by atoms with Crippen LogP contribution in [0, 0.1) is 5.92 Å². The molecule has 30 heavy (non-hydrogen) atoms. The first-order valence-corrected chi connectivity index (χ1v) is 9.94. The second-order valence-corrected chi connectivity index (χ2v) is 7.49. The minimum Gasteiger partial charge on any atom is -0.475 e. The zero-order valence-corrected chi connectivity index (χ0v) is 16.4. The number of aromatic nitrogens is 1. The molecular formula is C19H19F3N2O5S. The number of aliphatic carboxylic acids is 1. The Morgan fingerprint density at radius 1 is 1.30 bits per heavy atom. The van der Waals surface area contributed by atoms with Crippen molar-refractivity contribution in [1.29, 1.82) is 0 Å². The third-order valence-corrected chi connectivity index (χ3v) is 5.47. The van der Waals surface area contributed by atoms with Crippen LogP contribution in [0.2, 0.25) is 0 Å². The maximum absolute atomic E-state index is 12.7. The van der Waals surface area contributed by atoms with Gasteiger partial charge in [0.25, 0.3) is 5.91 Å². The van der Waals surface area contributed by atoms with Gasteiger partial charge in [-0.15, -0.1) is 0 Å². The molecule has 2 aromatic rings. The number of likely N-dealkylation sites (tertiary alicyclic amines) is 1. The first-order chi connectivity index (χ1) is 14.3. The van der Waals surface area contributed by atoms with E-state index in [1.165, 1.54) is 0 Å². The van der Waals surface area contributed by atoms with Gasteiger partial charge < -0.3 is 19.5 Å². The Morgan fingerprint density at radius 3 is 2.67 bits per heavy atom. The van der Waals surface area contributed by atoms with Crippen LogP contribution in [0.15, 0.2) is 41.2 Å². The number of thiophene rings is 1. The fourth-order valence-electron chi connectivity index (χ4n) is 3.34. The van der Waals surface area contributed by atoms with Gasteiger partial charge in [0.05, 0.1) is 43.2 Å². The van der Waals surface area contributed by atoms with Crippen molar-refractivity contribution in [3.05, 3.63) is 52.5 Å². The lowest BCUT2D eigenvalue weighted by molar-refractivity contribution is -0.192. The van der Waals surface area contributed by atoms with Gasteiger partial charge in [-0.1, -0.05) is 6.07 Å². The number of halogens is 3. The van der Waals surface area contributed by atoms with Crippen LogP contribution in [0.1, 0.15) is 16.1 Å². The predicted molar refractivity (Wildman–Crippen MR) is 100.0 cm³/mol. The average molecular weight is 444 g/mol. The highest BCUT2D eigenvalue weighted by Gasteiger charge is 2.48. The summed E-state index contributed by atoms with van der Waals surface area (Å²) in [4.78, 5) is 27.8. The third kappa shape index (κ3) is 5.35. The van der Waals surface area contributed by atoms with Crippen molar-refractivity contribution in [3.8, 4) is 0 Å². The monoisotopic (exact) mass is 444 g/mol. The molecule has 7 nitrogen and oxygen atoms in total. The average Bonchev–Trinajstić information content (AvgIpc) is 3.45. The van der Waals surface area contributed by atoms with E-state index >= 15 is 0 Å². The van der Waals surface area contributed by atoms with Crippen LogP contribution in [0.4, 0.5) is 13.2 Å². The van der Waals surface area contributed by atoms with Crippen molar-refractivity contribution in [2.45, 2.75) is 24.9 Å². The molecule has 2 saturated heterocycles. The molecule has 0 unspecified atom stereocenters. The van der Waals surface area contributed by atoms with Crippen LogP contribution in [0.5, 0.6) is 0 Å². The molecular weight excluding hydrogens is 425 g/mol. The highest BCUT2D eigenvalue weighted by atomic mass is 32.1. The van der Waals surface area contributed by atoms with Crippen molar-refractivity contribution in [2.24, 2.45) is 5.92 Å². The number of rotatable bonds is 4. The van der Waals surface area contributed by atoms with Gasteiger partial charge >= 0.3 is 12.1 Å². The molecule has 0 radical (unpaired) electrons. The first kappa shape index (κ1) is 22.2. The Balaban J connectivity index is 0.000000318. The lowest BCUT2D eigenvalue weighted by Gasteiger charge is -2.21. The molecule has 162 valence electrons. The van der Waals surface area contributed by atoms with E-state index in [-0.39, 0.29) is 24.0 Å². The lowest BCUT2D eigenvalue weighted by Crippen LogP contribution is -2.37. The van der Waals surface area contributed by atoms with Crippen LogP contribution in [0.25, 0.3) is 0 Å². The van der Waals surface area contributed by atoms with E-state index in [2.05, 4.69) is 4.98 Å². The molecule has 4 rings (SSSR count). The molecule has 0 saturated carbocycles. The summed E-state index contributed by atoms with van der Waals surface area (Å²) in [7, 11) is 0. The van der Waals surface area contributed by atoms with Gasteiger partial charge in [0.1, 0.15) is 0 Å². The largest absolute Gasteiger partial charge is 0.490 e. The number of alkyl halides is 3. The molecule has 11 heteroatoms. The SMILES string of the molecule is O=C(O)C(F)(F)F.O=C(c1ccsc1)N1C[C@H](OCc2ccccn2)[C@H]2COC[C@H]21. The number of fused-ring (bicyclic) bond motifs is 1. The first-order valence-electron chi connectivity index (χ1n) is 9.00. The van der Waals surface area contributed by atoms with Crippen molar-refractivity contribution >= 4 is 23.2 Å². The van der Waals surface area contributed by atoms with E-state index in [0.717, 1.165) is 11.3 Å². The quantitative estimate of drug-likeness (QED) is 0.780. The van der Waals surface area contributed by atoms with Crippen molar-refractivity contribution in [1.82, 2.24) is 9.88 Å². The topological polar surface area (TPSA) is 89.0 Å². The summed E-state index contributed by atoms with van der Waals surface area (Å²) in [5.74, 6) is -2.43. The van der Waals surface area contributed by atoms with Crippen molar-refractivity contribution < 1.29 is 37.3 Å². The van der Waals surface area contributed by atoms with E-state index in [4.69, 9.17) is 19.4 Å². The zero-order chi connectivity index (χ0) is 21.7. The molecule has 2 aliphatic rings. The Bertz CT molecular complexity index is 848. The number of carboxylic acid groups (broad SMARTS) is 1. The normalized spacial score (nSPS) is 22.9. The molecule has 0 aromatic carbocycles. The molecule has 1 N–H and O–H groups in total. The molecule has 2 aromatic heterocycles. The molecule has 1 amide bonds. The number of carbonyl (C=O) groups excluding carboxylic acids is 1. The van der Waals surface area contributed by atoms with Crippen LogP contribution in [-0.4, -0.2) is 64.9 Å². The van der Waals surface area contributed by atoms with Crippen LogP contribution in [-0.2, 0) is 20.9 Å². The smallest absolute Gasteiger partial charge is 0.475 e. The van der Waals surface area contributed by atoms with Gasteiger partial charge in [0.15, 0.2) is 0 Å². The van der Waals surface area contributed by atoms with E-state index in [9.17, 15) is 18.0 Å². The van der Waals surface area contributed by atoms with Gasteiger partial charge in [0.2, 0.25) is 0 Å². The second kappa shape index (κ2) is 9.54. The standard InChI is InChI=1S/C17H18N2O3S.C2HF3O2/c20-17(12-4-6-23-11-12)19-7-16(14-9-21-10-15(14)19)22-8-13-3-1-2-5-18-13;3-2(4,5)1(6)7/h1-6,11,14-16H,7-10H2;(H,6,7)/t14-,15+,16-;/m0./s1. The van der Waals surface area contributed by atoms with Crippen molar-refractivity contribution in [2.75, 3.05) is 19.8 Å². The summed E-state index contributed by atoms with van der Waals surface area (Å²) in [5.41, 5.74) is 1.66. The summed E-state index contributed by atoms with van der Waals surface area (Å²) in [6, 6.07) is 7.79. The van der Waals surface area contributed by atoms with E-state index in [1.807, 2.05) is 39.9 Å². The fourth-order valence-corrected chi connectivity index (χ4v) is 3.97. The Labute approximate surface area is 174 Å². The number of ether oxygens (including phenoxy) is 2. The Hall–Kier alpha value is -2.50. The highest BCUT2D eigenvalue weighted by molar-refractivity contribution is 7.08. The van der Waals surface area contributed by atoms with Crippen LogP contribution in [0.3, 0.4) is 0 Å². The second-order valence-electron chi connectivity index (χ2n) is 6.71. The summed E-state index contributed by atoms with van der Waals surface area (Å²) >= 11 is 1.54. The van der Waals surface area contributed by atoms with E-state index < -0.39 is 12.1 Å². The van der Waals surface area contributed by atoms with E-state index in [1.54, 1.807) is 17.5 Å². The van der Waals surface area contributed by atoms with Crippen LogP contribution < -0.4 is 0 Å². The molecule has 2 aliphatic heterocycles. The Morgan fingerprint density at radius 2 is 2.07 bits per heavy atom. The number of carboxylic acids is 1. The number of pyridine rings is 1. The number of hydrogen-bond donors (Lipinski definition) is 1. The van der Waals surface area contributed by atoms with E-state index in [0.29, 0.717) is 26.4 Å². The summed E-state index contributed by atoms with van der Waals surface area (Å²) in [6.07, 6.45) is -3.31. The molecule has 4 heterocycles. The van der Waals surface area contributed by atoms with Gasteiger partial charge in [-0.25, -0.2) is 4.79 Å². The summed E-state index contributed by atoms with van der Waals surface area (Å²) in [5, 5.41) is 11.0. The van der Waals surface area contributed by atoms with Gasteiger partial charge in [-0.05, 0) is 23.6 Å². The van der Waals surface area contributed by atoms with Gasteiger partial charge in [0, 0.05) is 24.0 Å². The Kier molecular flexibility index (Phi) is 7.06. The number of amides is 1. The molecule has 3 atom stereocenters. The number of nitrogens with zero attached hydrogens (tertiary/aromatic N) is 2. The molecule has 0 aliphatic carbocycles. The minimum atomic E-state index is -5.08. The fraction of sp³-hybridized carbons (Fsp3) is 0.421. The molecule has 2 fully saturated rings. The zero-order valence-electron chi connectivity index (χ0n) is 15.6. The van der Waals surface area contributed by atoms with Crippen LogP contribution >= 0.6 is 11.3 Å². The third-order valence-electron chi connectivity index (χ3n) is 4.79. The number of hydrogen-bond acceptors (Lipinski definition) is 6. The predicted octanol–water partition coefficient (Wildman–Crippen LogP) is 2.83. The summed E-state index contributed by atoms with van der Waals surface area (Å²) in [6.45, 7) is 2.35. The maximum atomic E-state index is 12.7. The summed E-state index contributed by atoms with van der Waals surface area (Å²) < 4.78 is 43.4. The number of carbonyl (C=O) groups is 2. The molecule has 0 spiro atoms. The minimum absolute atomic E-state index is 0.00657. The maximum Gasteiger partial charge on any atom is 0.490 e. The van der Waals surface area contributed by atoms with Gasteiger partial charge in [-0.2, -0.15) is 24.5 Å². The van der Waals surface area contributed by atoms with Gasteiger partial charge in [-0.3, -0.25) is 9.78 Å².